The highest BCUT2D eigenvalue weighted by Crippen LogP contribution is 2.04. The lowest BCUT2D eigenvalue weighted by atomic mass is 10.3. The standard InChI is InChI=1S/C7H10N2O2/c1-6-4-9(3-2-8)7(10)5-11-6/h6H,3-5H2,1H3/t6-/m1/s1. The quantitative estimate of drug-likeness (QED) is 0.490. The van der Waals surface area contributed by atoms with Crippen LogP contribution >= 0.6 is 0 Å². The summed E-state index contributed by atoms with van der Waals surface area (Å²) in [5.41, 5.74) is 0. The molecule has 1 saturated heterocycles. The van der Waals surface area contributed by atoms with Crippen LogP contribution in [-0.2, 0) is 9.53 Å². The van der Waals surface area contributed by atoms with Gasteiger partial charge in [-0.05, 0) is 6.92 Å². The zero-order valence-electron chi connectivity index (χ0n) is 6.41. The molecule has 1 aliphatic rings. The predicted octanol–water partition coefficient (Wildman–Crippen LogP) is -0.243. The third kappa shape index (κ3) is 1.92. The van der Waals surface area contributed by atoms with E-state index in [1.165, 1.54) is 4.90 Å². The van der Waals surface area contributed by atoms with Crippen molar-refractivity contribution in [2.75, 3.05) is 19.7 Å². The Labute approximate surface area is 65.4 Å². The first-order valence-corrected chi connectivity index (χ1v) is 3.50. The number of amides is 1. The van der Waals surface area contributed by atoms with Gasteiger partial charge >= 0.3 is 0 Å². The maximum atomic E-state index is 11.0. The molecule has 0 N–H and O–H groups in total. The van der Waals surface area contributed by atoms with Crippen LogP contribution in [0.3, 0.4) is 0 Å². The van der Waals surface area contributed by atoms with Gasteiger partial charge in [-0.3, -0.25) is 4.79 Å². The van der Waals surface area contributed by atoms with Gasteiger partial charge in [0, 0.05) is 6.54 Å². The van der Waals surface area contributed by atoms with Gasteiger partial charge < -0.3 is 9.64 Å². The van der Waals surface area contributed by atoms with Gasteiger partial charge in [-0.2, -0.15) is 5.26 Å². The molecule has 0 unspecified atom stereocenters. The summed E-state index contributed by atoms with van der Waals surface area (Å²) in [7, 11) is 0. The van der Waals surface area contributed by atoms with E-state index in [9.17, 15) is 4.79 Å². The average molecular weight is 154 g/mol. The number of ether oxygens (including phenoxy) is 1. The van der Waals surface area contributed by atoms with Gasteiger partial charge in [0.1, 0.15) is 13.2 Å². The molecule has 0 bridgehead atoms. The summed E-state index contributed by atoms with van der Waals surface area (Å²) in [6.45, 7) is 2.71. The minimum absolute atomic E-state index is 0.0565. The van der Waals surface area contributed by atoms with Crippen molar-refractivity contribution in [1.29, 1.82) is 5.26 Å². The Morgan fingerprint density at radius 1 is 1.91 bits per heavy atom. The second kappa shape index (κ2) is 3.35. The molecule has 0 aromatic rings. The van der Waals surface area contributed by atoms with E-state index >= 15 is 0 Å². The summed E-state index contributed by atoms with van der Waals surface area (Å²) < 4.78 is 5.07. The normalized spacial score (nSPS) is 24.9. The molecule has 1 rings (SSSR count). The fraction of sp³-hybridized carbons (Fsp3) is 0.714. The summed E-state index contributed by atoms with van der Waals surface area (Å²) in [5, 5.41) is 8.34. The Morgan fingerprint density at radius 2 is 2.64 bits per heavy atom. The number of carbonyl (C=O) groups is 1. The molecule has 4 nitrogen and oxygen atoms in total. The molecule has 0 saturated carbocycles. The number of hydrogen-bond acceptors (Lipinski definition) is 3. The van der Waals surface area contributed by atoms with Crippen LogP contribution in [0.15, 0.2) is 0 Å². The number of nitriles is 1. The molecule has 1 heterocycles. The first kappa shape index (κ1) is 8.02. The zero-order chi connectivity index (χ0) is 8.27. The minimum atomic E-state index is -0.0929. The highest BCUT2D eigenvalue weighted by Gasteiger charge is 2.22. The number of hydrogen-bond donors (Lipinski definition) is 0. The molecule has 1 amide bonds. The lowest BCUT2D eigenvalue weighted by molar-refractivity contribution is -0.146. The van der Waals surface area contributed by atoms with E-state index in [1.54, 1.807) is 0 Å². The van der Waals surface area contributed by atoms with E-state index in [4.69, 9.17) is 10.00 Å². The molecular formula is C7H10N2O2. The van der Waals surface area contributed by atoms with E-state index in [0.29, 0.717) is 6.54 Å². The minimum Gasteiger partial charge on any atom is -0.367 e. The molecule has 0 aromatic carbocycles. The van der Waals surface area contributed by atoms with Crippen LogP contribution in [-0.4, -0.2) is 36.6 Å². The monoisotopic (exact) mass is 154 g/mol. The van der Waals surface area contributed by atoms with Crippen molar-refractivity contribution in [3.8, 4) is 6.07 Å². The first-order chi connectivity index (χ1) is 5.24. The van der Waals surface area contributed by atoms with Gasteiger partial charge in [-0.1, -0.05) is 0 Å². The van der Waals surface area contributed by atoms with Gasteiger partial charge in [-0.15, -0.1) is 0 Å². The Morgan fingerprint density at radius 3 is 3.27 bits per heavy atom. The Kier molecular flexibility index (Phi) is 2.44. The Bertz CT molecular complexity index is 197. The summed E-state index contributed by atoms with van der Waals surface area (Å²) in [4.78, 5) is 12.5. The Hall–Kier alpha value is -1.08. The van der Waals surface area contributed by atoms with E-state index in [1.807, 2.05) is 13.0 Å². The topological polar surface area (TPSA) is 53.3 Å². The van der Waals surface area contributed by atoms with Gasteiger partial charge in [0.2, 0.25) is 5.91 Å². The van der Waals surface area contributed by atoms with Crippen LogP contribution in [0.1, 0.15) is 6.92 Å². The predicted molar refractivity (Wildman–Crippen MR) is 37.6 cm³/mol. The average Bonchev–Trinajstić information content (AvgIpc) is 1.98. The molecule has 0 aromatic heterocycles. The summed E-state index contributed by atoms with van der Waals surface area (Å²) in [5.74, 6) is -0.0929. The van der Waals surface area contributed by atoms with Gasteiger partial charge in [-0.25, -0.2) is 0 Å². The highest BCUT2D eigenvalue weighted by molar-refractivity contribution is 5.78. The van der Waals surface area contributed by atoms with Crippen molar-refractivity contribution in [2.45, 2.75) is 13.0 Å². The maximum absolute atomic E-state index is 11.0. The first-order valence-electron chi connectivity index (χ1n) is 3.50. The van der Waals surface area contributed by atoms with Crippen molar-refractivity contribution in [1.82, 2.24) is 4.90 Å². The van der Waals surface area contributed by atoms with Crippen molar-refractivity contribution in [3.05, 3.63) is 0 Å². The molecule has 0 aliphatic carbocycles. The summed E-state index contributed by atoms with van der Waals surface area (Å²) in [6.07, 6.45) is 0.0565. The second-order valence-electron chi connectivity index (χ2n) is 2.55. The highest BCUT2D eigenvalue weighted by atomic mass is 16.5. The lowest BCUT2D eigenvalue weighted by Crippen LogP contribution is -2.45. The largest absolute Gasteiger partial charge is 0.367 e. The molecule has 1 fully saturated rings. The molecule has 1 aliphatic heterocycles. The van der Waals surface area contributed by atoms with Crippen LogP contribution in [0.2, 0.25) is 0 Å². The number of nitrogens with zero attached hydrogens (tertiary/aromatic N) is 2. The van der Waals surface area contributed by atoms with E-state index < -0.39 is 0 Å². The van der Waals surface area contributed by atoms with Crippen molar-refractivity contribution < 1.29 is 9.53 Å². The fourth-order valence-electron chi connectivity index (χ4n) is 1.01. The summed E-state index contributed by atoms with van der Waals surface area (Å²) in [6, 6.07) is 1.94. The van der Waals surface area contributed by atoms with Gasteiger partial charge in [0.25, 0.3) is 0 Å². The van der Waals surface area contributed by atoms with Crippen LogP contribution in [0, 0.1) is 11.3 Å². The van der Waals surface area contributed by atoms with Crippen LogP contribution in [0.5, 0.6) is 0 Å². The van der Waals surface area contributed by atoms with Gasteiger partial charge in [0.15, 0.2) is 0 Å². The maximum Gasteiger partial charge on any atom is 0.249 e. The smallest absolute Gasteiger partial charge is 0.249 e. The molecule has 60 valence electrons. The SMILES string of the molecule is C[C@@H]1CN(CC#N)C(=O)CO1. The van der Waals surface area contributed by atoms with Gasteiger partial charge in [0.05, 0.1) is 12.2 Å². The van der Waals surface area contributed by atoms with Crippen LogP contribution in [0.4, 0.5) is 0 Å². The third-order valence-corrected chi connectivity index (χ3v) is 1.58. The van der Waals surface area contributed by atoms with Crippen molar-refractivity contribution >= 4 is 5.91 Å². The third-order valence-electron chi connectivity index (χ3n) is 1.58. The molecular weight excluding hydrogens is 144 g/mol. The molecule has 0 spiro atoms. The van der Waals surface area contributed by atoms with Crippen LogP contribution in [0.25, 0.3) is 0 Å². The molecule has 1 atom stereocenters. The molecule has 0 radical (unpaired) electrons. The number of rotatable bonds is 1. The number of morpholine rings is 1. The fourth-order valence-corrected chi connectivity index (χ4v) is 1.01. The zero-order valence-corrected chi connectivity index (χ0v) is 6.41. The van der Waals surface area contributed by atoms with E-state index in [2.05, 4.69) is 0 Å². The lowest BCUT2D eigenvalue weighted by Gasteiger charge is -2.28. The van der Waals surface area contributed by atoms with Crippen LogP contribution < -0.4 is 0 Å². The van der Waals surface area contributed by atoms with E-state index in [0.717, 1.165) is 0 Å². The molecule has 11 heavy (non-hydrogen) atoms. The Balaban J connectivity index is 2.49. The second-order valence-corrected chi connectivity index (χ2v) is 2.55. The molecule has 4 heteroatoms. The number of carbonyl (C=O) groups excluding carboxylic acids is 1. The van der Waals surface area contributed by atoms with E-state index in [-0.39, 0.29) is 25.2 Å². The van der Waals surface area contributed by atoms with Crippen molar-refractivity contribution in [2.24, 2.45) is 0 Å². The van der Waals surface area contributed by atoms with Crippen molar-refractivity contribution in [3.63, 3.8) is 0 Å². The summed E-state index contributed by atoms with van der Waals surface area (Å²) >= 11 is 0.